The van der Waals surface area contributed by atoms with Gasteiger partial charge in [0.2, 0.25) is 0 Å². The Kier molecular flexibility index (Phi) is 3.27. The molecule has 2 rings (SSSR count). The van der Waals surface area contributed by atoms with Gasteiger partial charge in [-0.15, -0.1) is 0 Å². The van der Waals surface area contributed by atoms with Gasteiger partial charge in [0.25, 0.3) is 0 Å². The van der Waals surface area contributed by atoms with Gasteiger partial charge in [-0.2, -0.15) is 0 Å². The highest BCUT2D eigenvalue weighted by Gasteiger charge is 2.07. The van der Waals surface area contributed by atoms with Crippen molar-refractivity contribution in [2.45, 2.75) is 13.5 Å². The van der Waals surface area contributed by atoms with Crippen LogP contribution in [0.4, 0.5) is 10.1 Å². The lowest BCUT2D eigenvalue weighted by atomic mass is 10.3. The Labute approximate surface area is 98.8 Å². The molecule has 1 heterocycles. The van der Waals surface area contributed by atoms with Crippen LogP contribution in [0.15, 0.2) is 30.6 Å². The molecule has 1 aromatic heterocycles. The molecule has 0 saturated heterocycles. The summed E-state index contributed by atoms with van der Waals surface area (Å²) in [6.45, 7) is 2.86. The molecular weight excluding hydrogens is 221 g/mol. The number of imidazole rings is 1. The number of halogens is 1. The van der Waals surface area contributed by atoms with Crippen LogP contribution < -0.4 is 10.5 Å². The number of aromatic nitrogens is 2. The molecule has 2 aromatic rings. The lowest BCUT2D eigenvalue weighted by Gasteiger charge is -2.10. The van der Waals surface area contributed by atoms with Gasteiger partial charge in [0.05, 0.1) is 12.2 Å². The lowest BCUT2D eigenvalue weighted by Crippen LogP contribution is -2.10. The quantitative estimate of drug-likeness (QED) is 0.824. The molecule has 0 amide bonds. The van der Waals surface area contributed by atoms with E-state index in [9.17, 15) is 4.39 Å². The van der Waals surface area contributed by atoms with Crippen molar-refractivity contribution in [1.29, 1.82) is 0 Å². The van der Waals surface area contributed by atoms with Crippen molar-refractivity contribution in [3.8, 4) is 5.75 Å². The summed E-state index contributed by atoms with van der Waals surface area (Å²) in [5.74, 6) is 0.577. The molecule has 1 aromatic carbocycles. The van der Waals surface area contributed by atoms with Gasteiger partial charge in [0, 0.05) is 12.4 Å². The molecule has 0 saturated carbocycles. The Bertz CT molecular complexity index is 490. The Balaban J connectivity index is 1.97. The highest BCUT2D eigenvalue weighted by atomic mass is 19.1. The van der Waals surface area contributed by atoms with Crippen LogP contribution in [0.25, 0.3) is 0 Å². The van der Waals surface area contributed by atoms with Crippen LogP contribution in [0.2, 0.25) is 0 Å². The highest BCUT2D eigenvalue weighted by molar-refractivity contribution is 5.52. The normalized spacial score (nSPS) is 10.5. The van der Waals surface area contributed by atoms with Gasteiger partial charge in [-0.1, -0.05) is 6.07 Å². The van der Waals surface area contributed by atoms with Gasteiger partial charge < -0.3 is 15.0 Å². The number of ether oxygens (including phenoxy) is 1. The van der Waals surface area contributed by atoms with E-state index in [1.807, 2.05) is 17.7 Å². The maximum Gasteiger partial charge on any atom is 0.177 e. The van der Waals surface area contributed by atoms with E-state index in [0.29, 0.717) is 18.8 Å². The number of nitrogen functional groups attached to an aromatic ring is 1. The Morgan fingerprint density at radius 3 is 2.94 bits per heavy atom. The average Bonchev–Trinajstić information content (AvgIpc) is 2.69. The van der Waals surface area contributed by atoms with Crippen LogP contribution in [0.1, 0.15) is 5.82 Å². The van der Waals surface area contributed by atoms with Crippen LogP contribution in [0.3, 0.4) is 0 Å². The van der Waals surface area contributed by atoms with Crippen LogP contribution >= 0.6 is 0 Å². The molecule has 90 valence electrons. The summed E-state index contributed by atoms with van der Waals surface area (Å²) in [6, 6.07) is 4.49. The van der Waals surface area contributed by atoms with Gasteiger partial charge >= 0.3 is 0 Å². The second-order valence-corrected chi connectivity index (χ2v) is 3.67. The monoisotopic (exact) mass is 235 g/mol. The fraction of sp³-hybridized carbons (Fsp3) is 0.250. The molecule has 0 unspecified atom stereocenters. The SMILES string of the molecule is Cc1nccn1CCOc1c(N)cccc1F. The highest BCUT2D eigenvalue weighted by Crippen LogP contribution is 2.24. The van der Waals surface area contributed by atoms with Crippen molar-refractivity contribution in [1.82, 2.24) is 9.55 Å². The van der Waals surface area contributed by atoms with Crippen LogP contribution in [-0.4, -0.2) is 16.2 Å². The number of nitrogens with zero attached hydrogens (tertiary/aromatic N) is 2. The minimum Gasteiger partial charge on any atom is -0.486 e. The molecule has 0 aliphatic rings. The van der Waals surface area contributed by atoms with Crippen molar-refractivity contribution in [2.75, 3.05) is 12.3 Å². The third-order valence-electron chi connectivity index (χ3n) is 2.50. The van der Waals surface area contributed by atoms with Gasteiger partial charge in [-0.05, 0) is 19.1 Å². The van der Waals surface area contributed by atoms with Crippen molar-refractivity contribution in [3.05, 3.63) is 42.2 Å². The van der Waals surface area contributed by atoms with Gasteiger partial charge in [0.15, 0.2) is 11.6 Å². The van der Waals surface area contributed by atoms with E-state index in [4.69, 9.17) is 10.5 Å². The first-order valence-corrected chi connectivity index (χ1v) is 5.33. The fourth-order valence-electron chi connectivity index (χ4n) is 1.56. The van der Waals surface area contributed by atoms with Gasteiger partial charge in [-0.3, -0.25) is 0 Å². The summed E-state index contributed by atoms with van der Waals surface area (Å²) in [5, 5.41) is 0. The molecule has 0 spiro atoms. The van der Waals surface area contributed by atoms with E-state index in [2.05, 4.69) is 4.98 Å². The number of nitrogens with two attached hydrogens (primary N) is 1. The molecule has 0 bridgehead atoms. The van der Waals surface area contributed by atoms with Crippen LogP contribution in [0, 0.1) is 12.7 Å². The van der Waals surface area contributed by atoms with E-state index < -0.39 is 5.82 Å². The standard InChI is InChI=1S/C12H14FN3O/c1-9-15-5-6-16(9)7-8-17-12-10(13)3-2-4-11(12)14/h2-6H,7-8,14H2,1H3. The summed E-state index contributed by atoms with van der Waals surface area (Å²) >= 11 is 0. The number of aryl methyl sites for hydroxylation is 1. The second-order valence-electron chi connectivity index (χ2n) is 3.67. The van der Waals surface area contributed by atoms with Crippen molar-refractivity contribution in [2.24, 2.45) is 0 Å². The Hall–Kier alpha value is -2.04. The third-order valence-corrected chi connectivity index (χ3v) is 2.50. The minimum atomic E-state index is -0.438. The molecule has 5 heteroatoms. The predicted molar refractivity (Wildman–Crippen MR) is 63.3 cm³/mol. The van der Waals surface area contributed by atoms with Crippen molar-refractivity contribution < 1.29 is 9.13 Å². The van der Waals surface area contributed by atoms with Gasteiger partial charge in [0.1, 0.15) is 12.4 Å². The topological polar surface area (TPSA) is 53.1 Å². The summed E-state index contributed by atoms with van der Waals surface area (Å²) in [4.78, 5) is 4.09. The zero-order chi connectivity index (χ0) is 12.3. The fourth-order valence-corrected chi connectivity index (χ4v) is 1.56. The zero-order valence-electron chi connectivity index (χ0n) is 9.56. The largest absolute Gasteiger partial charge is 0.486 e. The van der Waals surface area contributed by atoms with E-state index in [1.165, 1.54) is 6.07 Å². The molecular formula is C12H14FN3O. The van der Waals surface area contributed by atoms with E-state index >= 15 is 0 Å². The first-order valence-electron chi connectivity index (χ1n) is 5.33. The molecule has 17 heavy (non-hydrogen) atoms. The van der Waals surface area contributed by atoms with Gasteiger partial charge in [-0.25, -0.2) is 9.37 Å². The van der Waals surface area contributed by atoms with Crippen molar-refractivity contribution >= 4 is 5.69 Å². The molecule has 0 radical (unpaired) electrons. The summed E-state index contributed by atoms with van der Waals surface area (Å²) in [7, 11) is 0. The minimum absolute atomic E-state index is 0.116. The first-order chi connectivity index (χ1) is 8.18. The lowest BCUT2D eigenvalue weighted by molar-refractivity contribution is 0.285. The summed E-state index contributed by atoms with van der Waals surface area (Å²) in [5.41, 5.74) is 5.94. The average molecular weight is 235 g/mol. The molecule has 0 fully saturated rings. The van der Waals surface area contributed by atoms with E-state index in [1.54, 1.807) is 18.3 Å². The molecule has 0 aliphatic heterocycles. The second kappa shape index (κ2) is 4.86. The smallest absolute Gasteiger partial charge is 0.177 e. The zero-order valence-corrected chi connectivity index (χ0v) is 9.56. The first kappa shape index (κ1) is 11.4. The molecule has 2 N–H and O–H groups in total. The van der Waals surface area contributed by atoms with E-state index in [0.717, 1.165) is 5.82 Å². The summed E-state index contributed by atoms with van der Waals surface area (Å²) in [6.07, 6.45) is 3.57. The number of hydrogen-bond donors (Lipinski definition) is 1. The Morgan fingerprint density at radius 2 is 2.29 bits per heavy atom. The number of benzene rings is 1. The summed E-state index contributed by atoms with van der Waals surface area (Å²) < 4.78 is 20.6. The molecule has 0 atom stereocenters. The van der Waals surface area contributed by atoms with Crippen LogP contribution in [-0.2, 0) is 6.54 Å². The van der Waals surface area contributed by atoms with Crippen LogP contribution in [0.5, 0.6) is 5.75 Å². The number of rotatable bonds is 4. The Morgan fingerprint density at radius 1 is 1.47 bits per heavy atom. The number of para-hydroxylation sites is 1. The maximum absolute atomic E-state index is 13.4. The number of hydrogen-bond acceptors (Lipinski definition) is 3. The molecule has 0 aliphatic carbocycles. The third kappa shape index (κ3) is 2.55. The van der Waals surface area contributed by atoms with E-state index in [-0.39, 0.29) is 5.75 Å². The predicted octanol–water partition coefficient (Wildman–Crippen LogP) is 1.99. The van der Waals surface area contributed by atoms with Crippen molar-refractivity contribution in [3.63, 3.8) is 0 Å². The maximum atomic E-state index is 13.4. The number of anilines is 1. The molecule has 4 nitrogen and oxygen atoms in total.